The lowest BCUT2D eigenvalue weighted by molar-refractivity contribution is -0.118. The van der Waals surface area contributed by atoms with Crippen molar-refractivity contribution in [2.24, 2.45) is 5.41 Å². The molecule has 2 nitrogen and oxygen atoms in total. The topological polar surface area (TPSA) is 20.3 Å². The van der Waals surface area contributed by atoms with Crippen LogP contribution >= 0.6 is 0 Å². The van der Waals surface area contributed by atoms with Gasteiger partial charge >= 0.3 is 0 Å². The molecule has 19 heavy (non-hydrogen) atoms. The summed E-state index contributed by atoms with van der Waals surface area (Å²) in [5, 5.41) is 0. The molecule has 1 fully saturated rings. The van der Waals surface area contributed by atoms with E-state index < -0.39 is 0 Å². The molecule has 1 saturated carbocycles. The predicted octanol–water partition coefficient (Wildman–Crippen LogP) is 3.31. The van der Waals surface area contributed by atoms with Crippen LogP contribution in [0.25, 0.3) is 0 Å². The molecule has 0 saturated heterocycles. The Morgan fingerprint density at radius 1 is 1.16 bits per heavy atom. The molecular weight excluding hydrogens is 234 g/mol. The number of benzene rings is 1. The molecule has 0 atom stereocenters. The van der Waals surface area contributed by atoms with Gasteiger partial charge in [-0.3, -0.25) is 0 Å². The number of nitrogens with zero attached hydrogens (tertiary/aromatic N) is 1. The van der Waals surface area contributed by atoms with Gasteiger partial charge in [0, 0.05) is 18.5 Å². The smallest absolute Gasteiger partial charge is 0.127 e. The van der Waals surface area contributed by atoms with E-state index in [4.69, 9.17) is 0 Å². The fourth-order valence-electron chi connectivity index (χ4n) is 3.15. The molecule has 1 aliphatic rings. The monoisotopic (exact) mass is 259 g/mol. The van der Waals surface area contributed by atoms with Gasteiger partial charge in [0.05, 0.1) is 0 Å². The Kier molecular flexibility index (Phi) is 5.15. The number of likely N-dealkylation sites (N-methyl/N-ethyl adjacent to an activating group) is 1. The van der Waals surface area contributed by atoms with Gasteiger partial charge in [0.1, 0.15) is 6.29 Å². The zero-order valence-electron chi connectivity index (χ0n) is 12.0. The summed E-state index contributed by atoms with van der Waals surface area (Å²) in [4.78, 5) is 13.8. The Bertz CT molecular complexity index is 382. The van der Waals surface area contributed by atoms with Crippen molar-refractivity contribution in [3.8, 4) is 0 Å². The minimum atomic E-state index is -0.0658. The van der Waals surface area contributed by atoms with E-state index in [-0.39, 0.29) is 5.41 Å². The van der Waals surface area contributed by atoms with Crippen molar-refractivity contribution in [2.75, 3.05) is 20.1 Å². The first-order valence-electron chi connectivity index (χ1n) is 7.43. The van der Waals surface area contributed by atoms with Crippen LogP contribution in [0, 0.1) is 5.41 Å². The minimum absolute atomic E-state index is 0.0658. The number of rotatable bonds is 6. The lowest BCUT2D eigenvalue weighted by Crippen LogP contribution is -2.39. The fourth-order valence-corrected chi connectivity index (χ4v) is 3.15. The SMILES string of the molecule is CN(CCc1ccccc1)CC1(C=O)CCCCC1. The van der Waals surface area contributed by atoms with E-state index in [9.17, 15) is 4.79 Å². The summed E-state index contributed by atoms with van der Waals surface area (Å²) in [6.45, 7) is 1.95. The molecule has 1 aromatic carbocycles. The van der Waals surface area contributed by atoms with E-state index in [1.807, 2.05) is 0 Å². The third kappa shape index (κ3) is 4.17. The highest BCUT2D eigenvalue weighted by molar-refractivity contribution is 5.60. The Balaban J connectivity index is 1.82. The summed E-state index contributed by atoms with van der Waals surface area (Å²) in [6.07, 6.45) is 8.16. The largest absolute Gasteiger partial charge is 0.305 e. The molecule has 2 rings (SSSR count). The number of hydrogen-bond donors (Lipinski definition) is 0. The molecule has 0 heterocycles. The maximum absolute atomic E-state index is 11.5. The molecule has 0 unspecified atom stereocenters. The van der Waals surface area contributed by atoms with Crippen molar-refractivity contribution >= 4 is 6.29 Å². The summed E-state index contributed by atoms with van der Waals surface area (Å²) >= 11 is 0. The van der Waals surface area contributed by atoms with Crippen LogP contribution in [0.4, 0.5) is 0 Å². The van der Waals surface area contributed by atoms with Crippen molar-refractivity contribution in [3.63, 3.8) is 0 Å². The highest BCUT2D eigenvalue weighted by Crippen LogP contribution is 2.34. The molecule has 0 bridgehead atoms. The van der Waals surface area contributed by atoms with Crippen molar-refractivity contribution < 1.29 is 4.79 Å². The molecule has 2 heteroatoms. The molecule has 1 aromatic rings. The van der Waals surface area contributed by atoms with Crippen molar-refractivity contribution in [1.29, 1.82) is 0 Å². The average molecular weight is 259 g/mol. The highest BCUT2D eigenvalue weighted by Gasteiger charge is 2.32. The number of carbonyl (C=O) groups is 1. The zero-order valence-corrected chi connectivity index (χ0v) is 12.0. The van der Waals surface area contributed by atoms with Gasteiger partial charge in [-0.1, -0.05) is 49.6 Å². The lowest BCUT2D eigenvalue weighted by atomic mass is 9.75. The van der Waals surface area contributed by atoms with Crippen LogP contribution < -0.4 is 0 Å². The minimum Gasteiger partial charge on any atom is -0.305 e. The van der Waals surface area contributed by atoms with Gasteiger partial charge in [-0.05, 0) is 31.9 Å². The molecule has 0 aromatic heterocycles. The van der Waals surface area contributed by atoms with Crippen LogP contribution in [0.3, 0.4) is 0 Å². The van der Waals surface area contributed by atoms with Crippen LogP contribution in [0.2, 0.25) is 0 Å². The maximum Gasteiger partial charge on any atom is 0.127 e. The van der Waals surface area contributed by atoms with E-state index >= 15 is 0 Å². The molecule has 0 radical (unpaired) electrons. The van der Waals surface area contributed by atoms with E-state index in [2.05, 4.69) is 42.3 Å². The van der Waals surface area contributed by atoms with Crippen molar-refractivity contribution in [1.82, 2.24) is 4.90 Å². The second-order valence-corrected chi connectivity index (χ2v) is 6.01. The summed E-state index contributed by atoms with van der Waals surface area (Å²) in [5.74, 6) is 0. The summed E-state index contributed by atoms with van der Waals surface area (Å²) < 4.78 is 0. The van der Waals surface area contributed by atoms with Crippen LogP contribution in [0.5, 0.6) is 0 Å². The molecule has 0 amide bonds. The van der Waals surface area contributed by atoms with E-state index in [1.54, 1.807) is 0 Å². The Hall–Kier alpha value is -1.15. The van der Waals surface area contributed by atoms with Crippen LogP contribution in [0.15, 0.2) is 30.3 Å². The van der Waals surface area contributed by atoms with Gasteiger partial charge in [-0.15, -0.1) is 0 Å². The number of carbonyl (C=O) groups excluding carboxylic acids is 1. The van der Waals surface area contributed by atoms with E-state index in [0.29, 0.717) is 0 Å². The summed E-state index contributed by atoms with van der Waals surface area (Å²) in [6, 6.07) is 10.6. The predicted molar refractivity (Wildman–Crippen MR) is 79.2 cm³/mol. The van der Waals surface area contributed by atoms with Gasteiger partial charge in [0.15, 0.2) is 0 Å². The number of hydrogen-bond acceptors (Lipinski definition) is 2. The highest BCUT2D eigenvalue weighted by atomic mass is 16.1. The van der Waals surface area contributed by atoms with Gasteiger partial charge < -0.3 is 9.69 Å². The zero-order chi connectivity index (χ0) is 13.6. The standard InChI is InChI=1S/C17H25NO/c1-18(13-10-16-8-4-2-5-9-16)14-17(15-19)11-6-3-7-12-17/h2,4-5,8-9,15H,3,6-7,10-14H2,1H3. The maximum atomic E-state index is 11.5. The van der Waals surface area contributed by atoms with Gasteiger partial charge in [-0.2, -0.15) is 0 Å². The Labute approximate surface area is 116 Å². The Morgan fingerprint density at radius 3 is 2.47 bits per heavy atom. The molecule has 0 aliphatic heterocycles. The summed E-state index contributed by atoms with van der Waals surface area (Å²) in [5.41, 5.74) is 1.31. The lowest BCUT2D eigenvalue weighted by Gasteiger charge is -2.35. The second kappa shape index (κ2) is 6.85. The third-order valence-corrected chi connectivity index (χ3v) is 4.31. The normalized spacial score (nSPS) is 18.4. The summed E-state index contributed by atoms with van der Waals surface area (Å²) in [7, 11) is 2.14. The Morgan fingerprint density at radius 2 is 1.84 bits per heavy atom. The average Bonchev–Trinajstić information content (AvgIpc) is 2.47. The molecular formula is C17H25NO. The van der Waals surface area contributed by atoms with Crippen LogP contribution in [-0.4, -0.2) is 31.3 Å². The molecule has 0 spiro atoms. The molecule has 0 N–H and O–H groups in total. The van der Waals surface area contributed by atoms with Gasteiger partial charge in [0.25, 0.3) is 0 Å². The third-order valence-electron chi connectivity index (χ3n) is 4.31. The van der Waals surface area contributed by atoms with Crippen molar-refractivity contribution in [3.05, 3.63) is 35.9 Å². The van der Waals surface area contributed by atoms with E-state index in [0.717, 1.165) is 32.4 Å². The number of aldehydes is 1. The quantitative estimate of drug-likeness (QED) is 0.731. The molecule has 1 aliphatic carbocycles. The van der Waals surface area contributed by atoms with E-state index in [1.165, 1.54) is 31.1 Å². The van der Waals surface area contributed by atoms with Gasteiger partial charge in [-0.25, -0.2) is 0 Å². The van der Waals surface area contributed by atoms with Crippen molar-refractivity contribution in [2.45, 2.75) is 38.5 Å². The van der Waals surface area contributed by atoms with Crippen LogP contribution in [-0.2, 0) is 11.2 Å². The first kappa shape index (κ1) is 14.3. The van der Waals surface area contributed by atoms with Gasteiger partial charge in [0.2, 0.25) is 0 Å². The first-order valence-corrected chi connectivity index (χ1v) is 7.43. The fraction of sp³-hybridized carbons (Fsp3) is 0.588. The first-order chi connectivity index (χ1) is 9.24. The van der Waals surface area contributed by atoms with Crippen LogP contribution in [0.1, 0.15) is 37.7 Å². The second-order valence-electron chi connectivity index (χ2n) is 6.01. The molecule has 104 valence electrons.